The molecule has 0 radical (unpaired) electrons. The Morgan fingerprint density at radius 2 is 1.83 bits per heavy atom. The number of sulfonamides is 1. The van der Waals surface area contributed by atoms with Crippen molar-refractivity contribution in [1.29, 1.82) is 0 Å². The van der Waals surface area contributed by atoms with Gasteiger partial charge in [0.2, 0.25) is 15.9 Å². The number of amides is 1. The van der Waals surface area contributed by atoms with Gasteiger partial charge in [0, 0.05) is 19.6 Å². The van der Waals surface area contributed by atoms with E-state index in [2.05, 4.69) is 5.32 Å². The molecule has 0 saturated carbocycles. The molecule has 1 heterocycles. The summed E-state index contributed by atoms with van der Waals surface area (Å²) in [5, 5.41) is 2.55. The van der Waals surface area contributed by atoms with Gasteiger partial charge in [-0.2, -0.15) is 17.5 Å². The number of alkyl halides is 3. The van der Waals surface area contributed by atoms with Crippen LogP contribution in [-0.2, 0) is 14.8 Å². The van der Waals surface area contributed by atoms with Crippen molar-refractivity contribution in [1.82, 2.24) is 9.21 Å². The topological polar surface area (TPSA) is 79.0 Å². The molecule has 0 atom stereocenters. The van der Waals surface area contributed by atoms with Gasteiger partial charge in [0.1, 0.15) is 5.75 Å². The summed E-state index contributed by atoms with van der Waals surface area (Å²) in [4.78, 5) is 13.6. The van der Waals surface area contributed by atoms with Crippen LogP contribution in [0.25, 0.3) is 0 Å². The highest BCUT2D eigenvalue weighted by molar-refractivity contribution is 7.89. The maximum atomic E-state index is 13.0. The molecule has 1 saturated heterocycles. The van der Waals surface area contributed by atoms with Gasteiger partial charge >= 0.3 is 6.18 Å². The fourth-order valence-electron chi connectivity index (χ4n) is 3.21. The van der Waals surface area contributed by atoms with E-state index in [4.69, 9.17) is 4.74 Å². The van der Waals surface area contributed by atoms with Crippen LogP contribution < -0.4 is 10.1 Å². The molecule has 1 fully saturated rings. The minimum atomic E-state index is -4.30. The fraction of sp³-hybridized carbons (Fsp3) is 0.632. The Labute approximate surface area is 175 Å². The van der Waals surface area contributed by atoms with Crippen LogP contribution >= 0.6 is 0 Å². The van der Waals surface area contributed by atoms with E-state index in [1.807, 2.05) is 0 Å². The lowest BCUT2D eigenvalue weighted by molar-refractivity contribution is -0.138. The number of benzene rings is 1. The summed E-state index contributed by atoms with van der Waals surface area (Å²) in [5.41, 5.74) is 0.155. The third-order valence-corrected chi connectivity index (χ3v) is 6.73. The molecule has 170 valence electrons. The molecular weight excluding hydrogens is 423 g/mol. The van der Waals surface area contributed by atoms with E-state index in [1.165, 1.54) is 41.6 Å². The molecule has 1 amide bonds. The van der Waals surface area contributed by atoms with Gasteiger partial charge in [-0.3, -0.25) is 9.69 Å². The second kappa shape index (κ2) is 10.5. The number of halogens is 3. The van der Waals surface area contributed by atoms with E-state index in [0.29, 0.717) is 13.1 Å². The summed E-state index contributed by atoms with van der Waals surface area (Å²) in [6, 6.07) is 4.20. The average molecular weight is 452 g/mol. The number of carbonyl (C=O) groups is 1. The standard InChI is InChI=1S/C19H28F3N3O4S/c1-24(12-9-19(20,21)22)14-18(26)23-16-13-15(7-8-17(16)29-2)30(27,28)25-10-5-3-4-6-11-25/h7-8,13H,3-6,9-12,14H2,1-2H3,(H,23,26). The van der Waals surface area contributed by atoms with Gasteiger partial charge in [-0.15, -0.1) is 0 Å². The maximum Gasteiger partial charge on any atom is 0.390 e. The van der Waals surface area contributed by atoms with Gasteiger partial charge in [0.15, 0.2) is 0 Å². The van der Waals surface area contributed by atoms with Crippen LogP contribution in [0, 0.1) is 0 Å². The lowest BCUT2D eigenvalue weighted by Crippen LogP contribution is -2.33. The van der Waals surface area contributed by atoms with Gasteiger partial charge in [0.05, 0.1) is 30.7 Å². The number of hydrogen-bond donors (Lipinski definition) is 1. The van der Waals surface area contributed by atoms with Crippen molar-refractivity contribution in [2.24, 2.45) is 0 Å². The number of hydrogen-bond acceptors (Lipinski definition) is 5. The van der Waals surface area contributed by atoms with Gasteiger partial charge in [0.25, 0.3) is 0 Å². The Bertz CT molecular complexity index is 823. The molecule has 7 nitrogen and oxygen atoms in total. The zero-order valence-corrected chi connectivity index (χ0v) is 18.0. The van der Waals surface area contributed by atoms with Crippen molar-refractivity contribution in [3.8, 4) is 5.75 Å². The number of ether oxygens (including phenoxy) is 1. The second-order valence-corrected chi connectivity index (χ2v) is 9.27. The summed E-state index contributed by atoms with van der Waals surface area (Å²) in [6.45, 7) is 0.292. The quantitative estimate of drug-likeness (QED) is 0.657. The lowest BCUT2D eigenvalue weighted by Gasteiger charge is -2.21. The summed E-state index contributed by atoms with van der Waals surface area (Å²) in [7, 11) is -0.942. The fourth-order valence-corrected chi connectivity index (χ4v) is 4.75. The number of anilines is 1. The highest BCUT2D eigenvalue weighted by Crippen LogP contribution is 2.30. The maximum absolute atomic E-state index is 13.0. The summed E-state index contributed by atoms with van der Waals surface area (Å²) >= 11 is 0. The first-order valence-electron chi connectivity index (χ1n) is 9.76. The molecule has 0 unspecified atom stereocenters. The highest BCUT2D eigenvalue weighted by Gasteiger charge is 2.28. The largest absolute Gasteiger partial charge is 0.495 e. The lowest BCUT2D eigenvalue weighted by atomic mass is 10.2. The molecule has 2 rings (SSSR count). The van der Waals surface area contributed by atoms with Gasteiger partial charge < -0.3 is 10.1 Å². The first-order chi connectivity index (χ1) is 14.0. The van der Waals surface area contributed by atoms with Crippen LogP contribution in [0.4, 0.5) is 18.9 Å². The average Bonchev–Trinajstić information content (AvgIpc) is 2.95. The molecule has 11 heteroatoms. The number of nitrogens with one attached hydrogen (secondary N) is 1. The number of rotatable bonds is 8. The van der Waals surface area contributed by atoms with Crippen molar-refractivity contribution in [3.63, 3.8) is 0 Å². The first kappa shape index (κ1) is 24.4. The molecule has 0 aromatic heterocycles. The number of methoxy groups -OCH3 is 1. The Hall–Kier alpha value is -1.85. The number of carbonyl (C=O) groups excluding carboxylic acids is 1. The zero-order valence-electron chi connectivity index (χ0n) is 17.2. The molecule has 0 aliphatic carbocycles. The third-order valence-electron chi connectivity index (χ3n) is 4.84. The smallest absolute Gasteiger partial charge is 0.390 e. The molecular formula is C19H28F3N3O4S. The van der Waals surface area contributed by atoms with Crippen LogP contribution in [0.3, 0.4) is 0 Å². The third kappa shape index (κ3) is 7.13. The van der Waals surface area contributed by atoms with Crippen molar-refractivity contribution in [2.45, 2.75) is 43.2 Å². The zero-order chi connectivity index (χ0) is 22.4. The van der Waals surface area contributed by atoms with Crippen LogP contribution in [-0.4, -0.2) is 70.0 Å². The SMILES string of the molecule is COc1ccc(S(=O)(=O)N2CCCCCC2)cc1NC(=O)CN(C)CCC(F)(F)F. The Morgan fingerprint density at radius 1 is 1.20 bits per heavy atom. The van der Waals surface area contributed by atoms with Crippen molar-refractivity contribution in [2.75, 3.05) is 45.7 Å². The molecule has 1 aromatic rings. The van der Waals surface area contributed by atoms with E-state index >= 15 is 0 Å². The number of likely N-dealkylation sites (N-methyl/N-ethyl adjacent to an activating group) is 1. The molecule has 0 spiro atoms. The van der Waals surface area contributed by atoms with Crippen LogP contribution in [0.2, 0.25) is 0 Å². The summed E-state index contributed by atoms with van der Waals surface area (Å²) in [5.74, 6) is -0.307. The Kier molecular flexibility index (Phi) is 8.51. The summed E-state index contributed by atoms with van der Waals surface area (Å²) in [6.07, 6.45) is -1.77. The predicted octanol–water partition coefficient (Wildman–Crippen LogP) is 3.08. The van der Waals surface area contributed by atoms with E-state index in [0.717, 1.165) is 25.7 Å². The van der Waals surface area contributed by atoms with Crippen molar-refractivity contribution >= 4 is 21.6 Å². The first-order valence-corrected chi connectivity index (χ1v) is 11.2. The van der Waals surface area contributed by atoms with E-state index in [9.17, 15) is 26.4 Å². The Morgan fingerprint density at radius 3 is 2.40 bits per heavy atom. The van der Waals surface area contributed by atoms with E-state index < -0.39 is 28.5 Å². The second-order valence-electron chi connectivity index (χ2n) is 7.33. The summed E-state index contributed by atoms with van der Waals surface area (Å²) < 4.78 is 69.6. The van der Waals surface area contributed by atoms with Gasteiger partial charge in [-0.1, -0.05) is 12.8 Å². The molecule has 1 N–H and O–H groups in total. The molecule has 1 aliphatic heterocycles. The molecule has 0 bridgehead atoms. The highest BCUT2D eigenvalue weighted by atomic mass is 32.2. The minimum Gasteiger partial charge on any atom is -0.495 e. The van der Waals surface area contributed by atoms with Crippen LogP contribution in [0.1, 0.15) is 32.1 Å². The molecule has 1 aliphatic rings. The van der Waals surface area contributed by atoms with E-state index in [1.54, 1.807) is 0 Å². The van der Waals surface area contributed by atoms with Crippen molar-refractivity contribution < 1.29 is 31.1 Å². The molecule has 1 aromatic carbocycles. The predicted molar refractivity (Wildman–Crippen MR) is 107 cm³/mol. The van der Waals surface area contributed by atoms with Crippen molar-refractivity contribution in [3.05, 3.63) is 18.2 Å². The van der Waals surface area contributed by atoms with Crippen LogP contribution in [0.15, 0.2) is 23.1 Å². The minimum absolute atomic E-state index is 0.0333. The van der Waals surface area contributed by atoms with Gasteiger partial charge in [-0.25, -0.2) is 8.42 Å². The van der Waals surface area contributed by atoms with E-state index in [-0.39, 0.29) is 29.4 Å². The van der Waals surface area contributed by atoms with Crippen LogP contribution in [0.5, 0.6) is 5.75 Å². The normalized spacial score (nSPS) is 16.3. The number of nitrogens with zero attached hydrogens (tertiary/aromatic N) is 2. The Balaban J connectivity index is 2.13. The molecule has 30 heavy (non-hydrogen) atoms. The monoisotopic (exact) mass is 451 g/mol. The van der Waals surface area contributed by atoms with Gasteiger partial charge in [-0.05, 0) is 38.1 Å².